The quantitative estimate of drug-likeness (QED) is 0.149. The lowest BCUT2D eigenvalue weighted by molar-refractivity contribution is -0.536. The van der Waals surface area contributed by atoms with Gasteiger partial charge in [-0.15, -0.1) is 0 Å². The van der Waals surface area contributed by atoms with Gasteiger partial charge in [0.05, 0.1) is 0 Å². The number of aliphatic hydroxyl groups is 1. The first kappa shape index (κ1) is 31.8. The van der Waals surface area contributed by atoms with Crippen LogP contribution in [-0.2, 0) is 0 Å². The van der Waals surface area contributed by atoms with Gasteiger partial charge in [-0.2, -0.15) is 0 Å². The normalized spacial score (nSPS) is 11.7. The number of hydrogen-bond donors (Lipinski definition) is 1. The van der Waals surface area contributed by atoms with Crippen LogP contribution in [0.3, 0.4) is 0 Å². The third-order valence-electron chi connectivity index (χ3n) is 3.71. The lowest BCUT2D eigenvalue weighted by Gasteiger charge is -2.15. The summed E-state index contributed by atoms with van der Waals surface area (Å²) < 4.78 is 4.15. The summed E-state index contributed by atoms with van der Waals surface area (Å²) in [6, 6.07) is 10.3. The van der Waals surface area contributed by atoms with Gasteiger partial charge in [0.25, 0.3) is 0 Å². The van der Waals surface area contributed by atoms with Gasteiger partial charge in [-0.1, -0.05) is 13.8 Å². The van der Waals surface area contributed by atoms with E-state index in [1.807, 2.05) is 24.3 Å². The van der Waals surface area contributed by atoms with Crippen LogP contribution in [0.15, 0.2) is 36.4 Å². The fourth-order valence-electron chi connectivity index (χ4n) is 2.28. The first-order chi connectivity index (χ1) is 14.9. The van der Waals surface area contributed by atoms with Crippen molar-refractivity contribution in [2.24, 2.45) is 0 Å². The molecule has 0 amide bonds. The fourth-order valence-corrected chi connectivity index (χ4v) is 6.25. The molecule has 2 aromatic rings. The Bertz CT molecular complexity index is 873. The van der Waals surface area contributed by atoms with Gasteiger partial charge in [-0.25, -0.2) is 0 Å². The van der Waals surface area contributed by atoms with E-state index in [1.54, 1.807) is 26.0 Å². The molecule has 0 saturated carbocycles. The Labute approximate surface area is 241 Å². The summed E-state index contributed by atoms with van der Waals surface area (Å²) in [6.45, 7) is 3.58. The Kier molecular flexibility index (Phi) is 17.1. The van der Waals surface area contributed by atoms with Gasteiger partial charge >= 0.3 is 0 Å². The summed E-state index contributed by atoms with van der Waals surface area (Å²) >= 11 is 8.64. The number of carbonyl (C=O) groups excluding carboxylic acids is 1. The number of hydrogen-bond acceptors (Lipinski definition) is 6. The number of aliphatic hydroxyl groups excluding tert-OH is 1. The first-order valence-electron chi connectivity index (χ1n) is 9.25. The zero-order chi connectivity index (χ0) is 24.8. The summed E-state index contributed by atoms with van der Waals surface area (Å²) in [5.74, 6) is 0. The molecule has 0 aliphatic rings. The van der Waals surface area contributed by atoms with Crippen molar-refractivity contribution in [2.75, 3.05) is 6.54 Å². The number of rotatable bonds is 7. The molecule has 0 radical (unpaired) electrons. The van der Waals surface area contributed by atoms with E-state index in [-0.39, 0.29) is 11.5 Å². The minimum atomic E-state index is -1.04. The monoisotopic (exact) mass is 894 g/mol. The summed E-state index contributed by atoms with van der Waals surface area (Å²) in [7, 11) is 0. The van der Waals surface area contributed by atoms with Crippen LogP contribution in [0.25, 0.3) is 0 Å². The van der Waals surface area contributed by atoms with E-state index >= 15 is 0 Å². The molecule has 0 aromatic heterocycles. The highest BCUT2D eigenvalue weighted by Crippen LogP contribution is 2.24. The van der Waals surface area contributed by atoms with Crippen LogP contribution in [0.5, 0.6) is 0 Å². The average Bonchev–Trinajstić information content (AvgIpc) is 2.67. The van der Waals surface area contributed by atoms with Crippen molar-refractivity contribution in [3.8, 4) is 0 Å². The summed E-state index contributed by atoms with van der Waals surface area (Å²) in [6.07, 6.45) is 0.774. The molecule has 32 heavy (non-hydrogen) atoms. The largest absolute Gasteiger partial charge is 0.381 e. The average molecular weight is 894 g/mol. The number of carbonyl (C=O) groups is 1. The van der Waals surface area contributed by atoms with Crippen LogP contribution in [-0.4, -0.2) is 33.8 Å². The van der Waals surface area contributed by atoms with E-state index in [2.05, 4.69) is 90.4 Å². The van der Waals surface area contributed by atoms with Crippen molar-refractivity contribution < 1.29 is 19.7 Å². The molecule has 12 heteroatoms. The first-order valence-corrected chi connectivity index (χ1v) is 13.6. The predicted molar refractivity (Wildman–Crippen MR) is 157 cm³/mol. The third-order valence-corrected chi connectivity index (χ3v) is 6.20. The highest BCUT2D eigenvalue weighted by molar-refractivity contribution is 14.1. The number of nitro groups is 2. The molecule has 0 bridgehead atoms. The number of aldehydes is 1. The molecule has 0 unspecified atom stereocenters. The topological polar surface area (TPSA) is 124 Å². The van der Waals surface area contributed by atoms with E-state index in [1.165, 1.54) is 0 Å². The van der Waals surface area contributed by atoms with Crippen molar-refractivity contribution >= 4 is 96.6 Å². The molecule has 8 nitrogen and oxygen atoms in total. The molecule has 0 saturated heterocycles. The van der Waals surface area contributed by atoms with Crippen LogP contribution >= 0.6 is 90.4 Å². The van der Waals surface area contributed by atoms with Crippen molar-refractivity contribution in [2.45, 2.75) is 38.8 Å². The van der Waals surface area contributed by atoms with Crippen molar-refractivity contribution in [3.63, 3.8) is 0 Å². The molecule has 0 aliphatic heterocycles. The lowest BCUT2D eigenvalue weighted by Crippen LogP contribution is -2.26. The highest BCUT2D eigenvalue weighted by Gasteiger charge is 2.29. The van der Waals surface area contributed by atoms with Crippen LogP contribution < -0.4 is 0 Å². The maximum atomic E-state index is 10.8. The second-order valence-electron chi connectivity index (χ2n) is 6.29. The van der Waals surface area contributed by atoms with Gasteiger partial charge in [0.1, 0.15) is 12.4 Å². The van der Waals surface area contributed by atoms with Crippen LogP contribution in [0.2, 0.25) is 0 Å². The molecule has 0 aliphatic carbocycles. The van der Waals surface area contributed by atoms with E-state index in [0.29, 0.717) is 18.4 Å². The summed E-state index contributed by atoms with van der Waals surface area (Å²) in [5.41, 5.74) is 1.36. The molecule has 2 rings (SSSR count). The number of nitrogens with zero attached hydrogens (tertiary/aromatic N) is 2. The Morgan fingerprint density at radius 3 is 1.62 bits per heavy atom. The van der Waals surface area contributed by atoms with Crippen LogP contribution in [0.4, 0.5) is 0 Å². The zero-order valence-corrected chi connectivity index (χ0v) is 25.8. The van der Waals surface area contributed by atoms with Gasteiger partial charge in [-0.3, -0.25) is 25.0 Å². The van der Waals surface area contributed by atoms with E-state index < -0.39 is 17.1 Å². The van der Waals surface area contributed by atoms with Crippen molar-refractivity contribution in [3.05, 3.63) is 82.0 Å². The highest BCUT2D eigenvalue weighted by atomic mass is 127. The standard InChI is InChI=1S/C10H11I2NO3.C7H4I2O.C3H7NO2/c1-2-9(13(15)16)10(14)6-3-7(11)5-8(12)4-6;8-6-1-5(4-10)2-7(9)3-6;1-2-3-4(5)6/h3-5,9-10,14H,2H2,1H3;1-4H;2-3H2,1H3/t9-,10+;;/m0../s1. The lowest BCUT2D eigenvalue weighted by atomic mass is 10.0. The van der Waals surface area contributed by atoms with Crippen LogP contribution in [0.1, 0.15) is 48.7 Å². The summed E-state index contributed by atoms with van der Waals surface area (Å²) in [4.78, 5) is 29.7. The molecular weight excluding hydrogens is 872 g/mol. The Hall–Kier alpha value is -0.210. The van der Waals surface area contributed by atoms with E-state index in [0.717, 1.165) is 26.1 Å². The van der Waals surface area contributed by atoms with Gasteiger partial charge in [-0.05, 0) is 132 Å². The smallest absolute Gasteiger partial charge is 0.242 e. The molecule has 1 N–H and O–H groups in total. The second-order valence-corrected chi connectivity index (χ2v) is 11.3. The maximum Gasteiger partial charge on any atom is 0.242 e. The fraction of sp³-hybridized carbons (Fsp3) is 0.350. The molecule has 0 heterocycles. The Balaban J connectivity index is 0.000000511. The van der Waals surface area contributed by atoms with E-state index in [4.69, 9.17) is 0 Å². The molecular formula is C20H22I4N2O6. The Morgan fingerprint density at radius 2 is 1.34 bits per heavy atom. The molecule has 2 atom stereocenters. The summed E-state index contributed by atoms with van der Waals surface area (Å²) in [5, 5.41) is 30.1. The third kappa shape index (κ3) is 13.5. The molecule has 0 spiro atoms. The van der Waals surface area contributed by atoms with Gasteiger partial charge in [0.2, 0.25) is 12.6 Å². The molecule has 2 aromatic carbocycles. The second kappa shape index (κ2) is 17.3. The van der Waals surface area contributed by atoms with Gasteiger partial charge in [0.15, 0.2) is 0 Å². The van der Waals surface area contributed by atoms with Crippen molar-refractivity contribution in [1.29, 1.82) is 0 Å². The SMILES string of the molecule is CCC[N+](=O)[O-].CC[C@@H]([C@H](O)c1cc(I)cc(I)c1)[N+](=O)[O-].O=Cc1cc(I)cc(I)c1. The molecule has 176 valence electrons. The van der Waals surface area contributed by atoms with Gasteiger partial charge < -0.3 is 5.11 Å². The minimum absolute atomic E-state index is 0.0972. The molecule has 0 fully saturated rings. The number of benzene rings is 2. The maximum absolute atomic E-state index is 10.8. The zero-order valence-electron chi connectivity index (χ0n) is 17.2. The van der Waals surface area contributed by atoms with E-state index in [9.17, 15) is 30.1 Å². The Morgan fingerprint density at radius 1 is 0.906 bits per heavy atom. The number of halogens is 4. The van der Waals surface area contributed by atoms with Crippen LogP contribution in [0, 0.1) is 34.5 Å². The van der Waals surface area contributed by atoms with Crippen molar-refractivity contribution in [1.82, 2.24) is 0 Å². The van der Waals surface area contributed by atoms with Gasteiger partial charge in [0, 0.05) is 42.5 Å². The minimum Gasteiger partial charge on any atom is -0.381 e. The predicted octanol–water partition coefficient (Wildman–Crippen LogP) is 6.37.